The van der Waals surface area contributed by atoms with Crippen LogP contribution in [0.15, 0.2) is 18.2 Å². The molecule has 2 rings (SSSR count). The van der Waals surface area contributed by atoms with E-state index in [0.717, 1.165) is 25.7 Å². The Morgan fingerprint density at radius 1 is 1.29 bits per heavy atom. The van der Waals surface area contributed by atoms with Crippen LogP contribution in [0.2, 0.25) is 0 Å². The summed E-state index contributed by atoms with van der Waals surface area (Å²) in [6, 6.07) is 4.98. The second-order valence-corrected chi connectivity index (χ2v) is 4.75. The highest BCUT2D eigenvalue weighted by Gasteiger charge is 2.21. The second kappa shape index (κ2) is 5.36. The number of halogens is 1. The lowest BCUT2D eigenvalue weighted by Crippen LogP contribution is -2.28. The number of nitrogens with one attached hydrogen (secondary N) is 1. The maximum atomic E-state index is 13.6. The first-order valence-corrected chi connectivity index (χ1v) is 6.12. The standard InChI is InChI=1S/C13H19FN2O/c14-11-2-1-3-12(15)13(11)16-10-6-4-9(8-17)5-7-10/h1-3,9-10,16-17H,4-8,15H2. The van der Waals surface area contributed by atoms with E-state index in [1.165, 1.54) is 6.07 Å². The molecule has 1 aromatic carbocycles. The minimum Gasteiger partial charge on any atom is -0.397 e. The quantitative estimate of drug-likeness (QED) is 0.708. The Kier molecular flexibility index (Phi) is 3.84. The number of hydrogen-bond donors (Lipinski definition) is 3. The van der Waals surface area contributed by atoms with Gasteiger partial charge in [-0.15, -0.1) is 0 Å². The summed E-state index contributed by atoms with van der Waals surface area (Å²) in [6.45, 7) is 0.258. The van der Waals surface area contributed by atoms with Gasteiger partial charge >= 0.3 is 0 Å². The smallest absolute Gasteiger partial charge is 0.148 e. The van der Waals surface area contributed by atoms with Gasteiger partial charge in [-0.1, -0.05) is 6.07 Å². The van der Waals surface area contributed by atoms with Crippen LogP contribution in [0.25, 0.3) is 0 Å². The van der Waals surface area contributed by atoms with Gasteiger partial charge in [0.25, 0.3) is 0 Å². The molecule has 0 saturated heterocycles. The topological polar surface area (TPSA) is 58.3 Å². The fourth-order valence-electron chi connectivity index (χ4n) is 2.39. The lowest BCUT2D eigenvalue weighted by atomic mass is 9.86. The molecule has 4 N–H and O–H groups in total. The molecular formula is C13H19FN2O. The molecule has 3 nitrogen and oxygen atoms in total. The molecule has 1 aromatic rings. The second-order valence-electron chi connectivity index (χ2n) is 4.75. The van der Waals surface area contributed by atoms with Gasteiger partial charge in [0.05, 0.1) is 11.4 Å². The van der Waals surface area contributed by atoms with E-state index in [2.05, 4.69) is 5.32 Å². The highest BCUT2D eigenvalue weighted by molar-refractivity contribution is 5.66. The Hall–Kier alpha value is -1.29. The van der Waals surface area contributed by atoms with E-state index in [4.69, 9.17) is 10.8 Å². The molecule has 1 fully saturated rings. The maximum Gasteiger partial charge on any atom is 0.148 e. The fourth-order valence-corrected chi connectivity index (χ4v) is 2.39. The van der Waals surface area contributed by atoms with E-state index < -0.39 is 0 Å². The third kappa shape index (κ3) is 2.88. The van der Waals surface area contributed by atoms with Crippen LogP contribution in [-0.2, 0) is 0 Å². The molecule has 17 heavy (non-hydrogen) atoms. The summed E-state index contributed by atoms with van der Waals surface area (Å²) >= 11 is 0. The molecule has 0 aliphatic heterocycles. The zero-order valence-corrected chi connectivity index (χ0v) is 9.82. The molecule has 0 heterocycles. The van der Waals surface area contributed by atoms with Crippen molar-refractivity contribution in [2.24, 2.45) is 5.92 Å². The summed E-state index contributed by atoms with van der Waals surface area (Å²) in [4.78, 5) is 0. The Morgan fingerprint density at radius 2 is 2.00 bits per heavy atom. The molecule has 0 bridgehead atoms. The highest BCUT2D eigenvalue weighted by Crippen LogP contribution is 2.29. The zero-order valence-electron chi connectivity index (χ0n) is 9.82. The number of aliphatic hydroxyl groups excluding tert-OH is 1. The van der Waals surface area contributed by atoms with Crippen LogP contribution in [0.5, 0.6) is 0 Å². The fraction of sp³-hybridized carbons (Fsp3) is 0.538. The first-order valence-electron chi connectivity index (χ1n) is 6.12. The van der Waals surface area contributed by atoms with Crippen molar-refractivity contribution in [1.29, 1.82) is 0 Å². The molecule has 1 saturated carbocycles. The van der Waals surface area contributed by atoms with Crippen molar-refractivity contribution in [3.05, 3.63) is 24.0 Å². The van der Waals surface area contributed by atoms with Crippen molar-refractivity contribution in [3.8, 4) is 0 Å². The third-order valence-corrected chi connectivity index (χ3v) is 3.50. The summed E-state index contributed by atoms with van der Waals surface area (Å²) in [5.41, 5.74) is 6.62. The predicted molar refractivity (Wildman–Crippen MR) is 67.3 cm³/mol. The molecule has 1 aliphatic carbocycles. The first kappa shape index (κ1) is 12.2. The first-order chi connectivity index (χ1) is 8.20. The summed E-state index contributed by atoms with van der Waals surface area (Å²) in [7, 11) is 0. The van der Waals surface area contributed by atoms with E-state index in [1.807, 2.05) is 0 Å². The van der Waals surface area contributed by atoms with Gasteiger partial charge in [0, 0.05) is 12.6 Å². The number of anilines is 2. The lowest BCUT2D eigenvalue weighted by Gasteiger charge is -2.29. The Bertz CT molecular complexity index is 355. The van der Waals surface area contributed by atoms with Crippen molar-refractivity contribution in [2.45, 2.75) is 31.7 Å². The SMILES string of the molecule is Nc1cccc(F)c1NC1CCC(CO)CC1. The summed E-state index contributed by atoms with van der Waals surface area (Å²) in [5.74, 6) is 0.111. The lowest BCUT2D eigenvalue weighted by molar-refractivity contribution is 0.185. The number of para-hydroxylation sites is 1. The van der Waals surface area contributed by atoms with Gasteiger partial charge in [0.2, 0.25) is 0 Å². The maximum absolute atomic E-state index is 13.6. The van der Waals surface area contributed by atoms with Crippen LogP contribution in [-0.4, -0.2) is 17.8 Å². The monoisotopic (exact) mass is 238 g/mol. The number of aliphatic hydroxyl groups is 1. The largest absolute Gasteiger partial charge is 0.397 e. The molecule has 0 amide bonds. The molecule has 1 aliphatic rings. The van der Waals surface area contributed by atoms with Crippen molar-refractivity contribution < 1.29 is 9.50 Å². The van der Waals surface area contributed by atoms with Gasteiger partial charge in [-0.3, -0.25) is 0 Å². The van der Waals surface area contributed by atoms with Gasteiger partial charge in [0.1, 0.15) is 5.82 Å². The normalized spacial score (nSPS) is 24.6. The number of nitrogen functional groups attached to an aromatic ring is 1. The summed E-state index contributed by atoms with van der Waals surface area (Å²) < 4.78 is 13.6. The highest BCUT2D eigenvalue weighted by atomic mass is 19.1. The van der Waals surface area contributed by atoms with Crippen molar-refractivity contribution in [3.63, 3.8) is 0 Å². The Morgan fingerprint density at radius 3 is 2.59 bits per heavy atom. The van der Waals surface area contributed by atoms with Crippen molar-refractivity contribution in [2.75, 3.05) is 17.7 Å². The van der Waals surface area contributed by atoms with E-state index in [-0.39, 0.29) is 18.5 Å². The zero-order chi connectivity index (χ0) is 12.3. The molecular weight excluding hydrogens is 219 g/mol. The van der Waals surface area contributed by atoms with E-state index >= 15 is 0 Å². The van der Waals surface area contributed by atoms with Gasteiger partial charge in [-0.25, -0.2) is 4.39 Å². The van der Waals surface area contributed by atoms with E-state index in [0.29, 0.717) is 17.3 Å². The average Bonchev–Trinajstić information content (AvgIpc) is 2.35. The number of nitrogens with two attached hydrogens (primary N) is 1. The molecule has 0 aromatic heterocycles. The van der Waals surface area contributed by atoms with Crippen LogP contribution in [0.3, 0.4) is 0 Å². The van der Waals surface area contributed by atoms with Gasteiger partial charge < -0.3 is 16.2 Å². The van der Waals surface area contributed by atoms with E-state index in [1.54, 1.807) is 12.1 Å². The van der Waals surface area contributed by atoms with Crippen LogP contribution in [0.1, 0.15) is 25.7 Å². The van der Waals surface area contributed by atoms with Crippen molar-refractivity contribution in [1.82, 2.24) is 0 Å². The average molecular weight is 238 g/mol. The molecule has 0 radical (unpaired) electrons. The van der Waals surface area contributed by atoms with Crippen LogP contribution in [0, 0.1) is 11.7 Å². The Balaban J connectivity index is 1.98. The summed E-state index contributed by atoms with van der Waals surface area (Å²) in [5, 5.41) is 12.2. The minimum absolute atomic E-state index is 0.258. The number of hydrogen-bond acceptors (Lipinski definition) is 3. The number of benzene rings is 1. The molecule has 0 spiro atoms. The van der Waals surface area contributed by atoms with Crippen molar-refractivity contribution >= 4 is 11.4 Å². The molecule has 0 atom stereocenters. The summed E-state index contributed by atoms with van der Waals surface area (Å²) in [6.07, 6.45) is 3.89. The minimum atomic E-state index is -0.297. The van der Waals surface area contributed by atoms with Crippen LogP contribution in [0.4, 0.5) is 15.8 Å². The van der Waals surface area contributed by atoms with Gasteiger partial charge in [-0.2, -0.15) is 0 Å². The van der Waals surface area contributed by atoms with Gasteiger partial charge in [0.15, 0.2) is 0 Å². The molecule has 0 unspecified atom stereocenters. The predicted octanol–water partition coefficient (Wildman–Crippen LogP) is 2.37. The van der Waals surface area contributed by atoms with Crippen LogP contribution >= 0.6 is 0 Å². The molecule has 94 valence electrons. The third-order valence-electron chi connectivity index (χ3n) is 3.50. The van der Waals surface area contributed by atoms with Gasteiger partial charge in [-0.05, 0) is 43.7 Å². The Labute approximate surface area is 101 Å². The van der Waals surface area contributed by atoms with E-state index in [9.17, 15) is 4.39 Å². The number of rotatable bonds is 3. The molecule has 4 heteroatoms. The van der Waals surface area contributed by atoms with Crippen LogP contribution < -0.4 is 11.1 Å².